The van der Waals surface area contributed by atoms with Gasteiger partial charge in [-0.1, -0.05) is 11.6 Å². The molecule has 0 aliphatic rings. The first-order chi connectivity index (χ1) is 5.77. The Labute approximate surface area is 73.0 Å². The first kappa shape index (κ1) is 7.43. The van der Waals surface area contributed by atoms with Crippen LogP contribution in [0.1, 0.15) is 0 Å². The predicted octanol–water partition coefficient (Wildman–Crippen LogP) is 2.42. The second-order valence-electron chi connectivity index (χ2n) is 2.35. The topological polar surface area (TPSA) is 25.8 Å². The number of fused-ring (bicyclic) bond motifs is 1. The van der Waals surface area contributed by atoms with Crippen molar-refractivity contribution in [2.45, 2.75) is 0 Å². The quantitative estimate of drug-likeness (QED) is 0.625. The molecule has 2 aromatic rings. The molecule has 0 radical (unpaired) electrons. The Balaban J connectivity index is 2.88. The highest BCUT2D eigenvalue weighted by molar-refractivity contribution is 6.35. The van der Waals surface area contributed by atoms with Crippen LogP contribution >= 0.6 is 11.6 Å². The van der Waals surface area contributed by atoms with Crippen LogP contribution in [0.15, 0.2) is 24.4 Å². The fraction of sp³-hybridized carbons (Fsp3) is 0. The molecule has 12 heavy (non-hydrogen) atoms. The second kappa shape index (κ2) is 2.68. The third-order valence-corrected chi connectivity index (χ3v) is 1.85. The van der Waals surface area contributed by atoms with E-state index < -0.39 is 0 Å². The molecular weight excluding hydrogens is 179 g/mol. The average molecular weight is 183 g/mol. The molecule has 1 heterocycles. The van der Waals surface area contributed by atoms with Crippen LogP contribution in [0.4, 0.5) is 4.39 Å². The maximum absolute atomic E-state index is 12.7. The van der Waals surface area contributed by atoms with Gasteiger partial charge in [0.15, 0.2) is 0 Å². The Morgan fingerprint density at radius 3 is 3.00 bits per heavy atom. The molecule has 0 saturated heterocycles. The lowest BCUT2D eigenvalue weighted by molar-refractivity contribution is 0.629. The fourth-order valence-corrected chi connectivity index (χ4v) is 1.19. The van der Waals surface area contributed by atoms with Gasteiger partial charge in [-0.05, 0) is 18.2 Å². The molecule has 60 valence electrons. The zero-order valence-electron chi connectivity index (χ0n) is 5.96. The standard InChI is InChI=1S/C8H4ClFN2/c9-7-4-11-12-8-2-1-5(10)3-6(7)8/h1-4H. The number of nitrogens with zero attached hydrogens (tertiary/aromatic N) is 2. The molecule has 1 aromatic heterocycles. The van der Waals surface area contributed by atoms with Crippen LogP contribution in [0.25, 0.3) is 10.9 Å². The van der Waals surface area contributed by atoms with Crippen molar-refractivity contribution >= 4 is 22.5 Å². The van der Waals surface area contributed by atoms with Crippen LogP contribution in [-0.2, 0) is 0 Å². The number of rotatable bonds is 0. The molecule has 0 aliphatic heterocycles. The molecule has 0 fully saturated rings. The minimum absolute atomic E-state index is 0.322. The molecule has 0 unspecified atom stereocenters. The van der Waals surface area contributed by atoms with Crippen molar-refractivity contribution in [2.75, 3.05) is 0 Å². The SMILES string of the molecule is Fc1ccc2nncc(Cl)c2c1. The van der Waals surface area contributed by atoms with Gasteiger partial charge in [0, 0.05) is 5.39 Å². The van der Waals surface area contributed by atoms with E-state index in [1.54, 1.807) is 6.07 Å². The Hall–Kier alpha value is -1.22. The van der Waals surface area contributed by atoms with Gasteiger partial charge < -0.3 is 0 Å². The summed E-state index contributed by atoms with van der Waals surface area (Å²) >= 11 is 5.76. The summed E-state index contributed by atoms with van der Waals surface area (Å²) in [6.45, 7) is 0. The highest BCUT2D eigenvalue weighted by atomic mass is 35.5. The van der Waals surface area contributed by atoms with E-state index in [0.717, 1.165) is 0 Å². The van der Waals surface area contributed by atoms with Gasteiger partial charge >= 0.3 is 0 Å². The summed E-state index contributed by atoms with van der Waals surface area (Å²) in [7, 11) is 0. The van der Waals surface area contributed by atoms with Gasteiger partial charge in [-0.15, -0.1) is 0 Å². The van der Waals surface area contributed by atoms with Crippen molar-refractivity contribution in [2.24, 2.45) is 0 Å². The highest BCUT2D eigenvalue weighted by Gasteiger charge is 2.00. The van der Waals surface area contributed by atoms with Crippen molar-refractivity contribution in [3.05, 3.63) is 35.2 Å². The number of benzene rings is 1. The molecule has 0 bridgehead atoms. The molecular formula is C8H4ClFN2. The zero-order valence-corrected chi connectivity index (χ0v) is 6.72. The van der Waals surface area contributed by atoms with Gasteiger partial charge in [0.25, 0.3) is 0 Å². The molecule has 0 amide bonds. The summed E-state index contributed by atoms with van der Waals surface area (Å²) in [5.41, 5.74) is 0.601. The number of hydrogen-bond acceptors (Lipinski definition) is 2. The largest absolute Gasteiger partial charge is 0.207 e. The van der Waals surface area contributed by atoms with E-state index in [9.17, 15) is 4.39 Å². The van der Waals surface area contributed by atoms with Crippen molar-refractivity contribution < 1.29 is 4.39 Å². The lowest BCUT2D eigenvalue weighted by atomic mass is 10.2. The number of halogens is 2. The van der Waals surface area contributed by atoms with Crippen molar-refractivity contribution in [1.82, 2.24) is 10.2 Å². The van der Waals surface area contributed by atoms with Gasteiger partial charge in [-0.25, -0.2) is 4.39 Å². The average Bonchev–Trinajstić information content (AvgIpc) is 2.07. The Morgan fingerprint density at radius 2 is 2.17 bits per heavy atom. The van der Waals surface area contributed by atoms with E-state index in [-0.39, 0.29) is 5.82 Å². The lowest BCUT2D eigenvalue weighted by Crippen LogP contribution is -1.84. The van der Waals surface area contributed by atoms with E-state index in [1.165, 1.54) is 18.3 Å². The molecule has 4 heteroatoms. The van der Waals surface area contributed by atoms with E-state index in [0.29, 0.717) is 15.9 Å². The third-order valence-electron chi connectivity index (χ3n) is 1.55. The first-order valence-electron chi connectivity index (χ1n) is 3.34. The van der Waals surface area contributed by atoms with Crippen LogP contribution in [0, 0.1) is 5.82 Å². The third kappa shape index (κ3) is 1.12. The maximum atomic E-state index is 12.7. The normalized spacial score (nSPS) is 10.5. The molecule has 0 saturated carbocycles. The molecule has 0 spiro atoms. The monoisotopic (exact) mass is 182 g/mol. The summed E-state index contributed by atoms with van der Waals surface area (Å²) in [6.07, 6.45) is 1.39. The van der Waals surface area contributed by atoms with Gasteiger partial charge in [0.1, 0.15) is 5.82 Å². The molecule has 2 nitrogen and oxygen atoms in total. The molecule has 1 aromatic carbocycles. The van der Waals surface area contributed by atoms with Crippen LogP contribution in [0.3, 0.4) is 0 Å². The first-order valence-corrected chi connectivity index (χ1v) is 3.71. The highest BCUT2D eigenvalue weighted by Crippen LogP contribution is 2.20. The lowest BCUT2D eigenvalue weighted by Gasteiger charge is -1.96. The Bertz CT molecular complexity index is 430. The predicted molar refractivity (Wildman–Crippen MR) is 44.5 cm³/mol. The van der Waals surface area contributed by atoms with Crippen molar-refractivity contribution in [1.29, 1.82) is 0 Å². The zero-order chi connectivity index (χ0) is 8.55. The molecule has 0 N–H and O–H groups in total. The Kier molecular flexibility index (Phi) is 1.66. The summed E-state index contributed by atoms with van der Waals surface area (Å²) in [4.78, 5) is 0. The molecule has 2 rings (SSSR count). The van der Waals surface area contributed by atoms with E-state index >= 15 is 0 Å². The van der Waals surface area contributed by atoms with E-state index in [1.807, 2.05) is 0 Å². The second-order valence-corrected chi connectivity index (χ2v) is 2.76. The fourth-order valence-electron chi connectivity index (χ4n) is 0.998. The molecule has 0 aliphatic carbocycles. The van der Waals surface area contributed by atoms with E-state index in [4.69, 9.17) is 11.6 Å². The Morgan fingerprint density at radius 1 is 1.33 bits per heavy atom. The minimum atomic E-state index is -0.322. The van der Waals surface area contributed by atoms with Crippen molar-refractivity contribution in [3.8, 4) is 0 Å². The van der Waals surface area contributed by atoms with Crippen molar-refractivity contribution in [3.63, 3.8) is 0 Å². The summed E-state index contributed by atoms with van der Waals surface area (Å²) < 4.78 is 12.7. The van der Waals surface area contributed by atoms with Crippen LogP contribution < -0.4 is 0 Å². The summed E-state index contributed by atoms with van der Waals surface area (Å²) in [5, 5.41) is 8.43. The van der Waals surface area contributed by atoms with Gasteiger partial charge in [-0.2, -0.15) is 10.2 Å². The van der Waals surface area contributed by atoms with Gasteiger partial charge in [0.05, 0.1) is 16.7 Å². The summed E-state index contributed by atoms with van der Waals surface area (Å²) in [5.74, 6) is -0.322. The minimum Gasteiger partial charge on any atom is -0.207 e. The number of hydrogen-bond donors (Lipinski definition) is 0. The van der Waals surface area contributed by atoms with Gasteiger partial charge in [-0.3, -0.25) is 0 Å². The van der Waals surface area contributed by atoms with E-state index in [2.05, 4.69) is 10.2 Å². The number of aromatic nitrogens is 2. The summed E-state index contributed by atoms with van der Waals surface area (Å²) in [6, 6.07) is 4.21. The van der Waals surface area contributed by atoms with Crippen LogP contribution in [0.2, 0.25) is 5.02 Å². The molecule has 0 atom stereocenters. The van der Waals surface area contributed by atoms with Crippen LogP contribution in [-0.4, -0.2) is 10.2 Å². The van der Waals surface area contributed by atoms with Gasteiger partial charge in [0.2, 0.25) is 0 Å². The smallest absolute Gasteiger partial charge is 0.124 e. The van der Waals surface area contributed by atoms with Crippen LogP contribution in [0.5, 0.6) is 0 Å². The maximum Gasteiger partial charge on any atom is 0.124 e.